The van der Waals surface area contributed by atoms with Gasteiger partial charge < -0.3 is 9.84 Å². The molecule has 118 valence electrons. The molecule has 1 fully saturated rings. The second kappa shape index (κ2) is 4.86. The molecule has 7 heteroatoms. The van der Waals surface area contributed by atoms with Crippen LogP contribution in [0.2, 0.25) is 0 Å². The van der Waals surface area contributed by atoms with Crippen LogP contribution in [0, 0.1) is 13.8 Å². The maximum absolute atomic E-state index is 13.0. The van der Waals surface area contributed by atoms with Gasteiger partial charge in [-0.3, -0.25) is 14.5 Å². The fourth-order valence-corrected chi connectivity index (χ4v) is 4.58. The summed E-state index contributed by atoms with van der Waals surface area (Å²) in [7, 11) is 0. The molecule has 1 saturated heterocycles. The summed E-state index contributed by atoms with van der Waals surface area (Å²) in [5.41, 5.74) is 2.03. The average Bonchev–Trinajstić information content (AvgIpc) is 3.15. The molecular weight excluding hydrogens is 314 g/mol. The zero-order valence-corrected chi connectivity index (χ0v) is 13.6. The van der Waals surface area contributed by atoms with Gasteiger partial charge in [0.25, 0.3) is 5.91 Å². The van der Waals surface area contributed by atoms with Crippen molar-refractivity contribution in [2.75, 3.05) is 10.2 Å². The van der Waals surface area contributed by atoms with Crippen molar-refractivity contribution in [1.82, 2.24) is 5.16 Å². The lowest BCUT2D eigenvalue weighted by atomic mass is 10.1. The Bertz CT molecular complexity index is 812. The minimum absolute atomic E-state index is 0.0173. The molecule has 0 bridgehead atoms. The van der Waals surface area contributed by atoms with Crippen molar-refractivity contribution in [3.05, 3.63) is 35.7 Å². The van der Waals surface area contributed by atoms with E-state index in [4.69, 9.17) is 4.52 Å². The first-order chi connectivity index (χ1) is 11.0. The zero-order valence-electron chi connectivity index (χ0n) is 12.8. The van der Waals surface area contributed by atoms with E-state index in [9.17, 15) is 9.59 Å². The molecule has 2 aliphatic heterocycles. The van der Waals surface area contributed by atoms with Crippen LogP contribution in [0.1, 0.15) is 24.3 Å². The molecular formula is C16H15N3O3S. The van der Waals surface area contributed by atoms with Gasteiger partial charge >= 0.3 is 0 Å². The minimum Gasteiger partial charge on any atom is -0.359 e. The van der Waals surface area contributed by atoms with Crippen LogP contribution in [0.4, 0.5) is 11.4 Å². The summed E-state index contributed by atoms with van der Waals surface area (Å²) in [6.07, 6.45) is 0.858. The largest absolute Gasteiger partial charge is 0.359 e. The molecule has 3 heterocycles. The van der Waals surface area contributed by atoms with Gasteiger partial charge in [0.2, 0.25) is 5.91 Å². The Labute approximate surface area is 137 Å². The Kier molecular flexibility index (Phi) is 3.02. The van der Waals surface area contributed by atoms with Crippen LogP contribution < -0.4 is 10.2 Å². The number of fused-ring (bicyclic) bond motifs is 3. The standard InChI is InChI=1S/C16H15N3O3S/c1-9-14(10(2)22-18-9)17-15(21)16-8-7-13(20)19(16)11-5-3-4-6-12(11)23-16/h3-6H,7-8H2,1-2H3,(H,17,21)/t16-/m1/s1. The number of anilines is 2. The Morgan fingerprint density at radius 2 is 2.17 bits per heavy atom. The van der Waals surface area contributed by atoms with Gasteiger partial charge in [0, 0.05) is 11.3 Å². The summed E-state index contributed by atoms with van der Waals surface area (Å²) >= 11 is 1.44. The molecule has 0 aliphatic carbocycles. The van der Waals surface area contributed by atoms with E-state index in [2.05, 4.69) is 10.5 Å². The van der Waals surface area contributed by atoms with Gasteiger partial charge in [-0.05, 0) is 32.4 Å². The van der Waals surface area contributed by atoms with Crippen LogP contribution in [0.5, 0.6) is 0 Å². The van der Waals surface area contributed by atoms with E-state index in [-0.39, 0.29) is 11.8 Å². The van der Waals surface area contributed by atoms with Crippen molar-refractivity contribution in [1.29, 1.82) is 0 Å². The van der Waals surface area contributed by atoms with Gasteiger partial charge in [0.05, 0.1) is 5.69 Å². The first kappa shape index (κ1) is 14.3. The SMILES string of the molecule is Cc1noc(C)c1NC(=O)[C@]12CCC(=O)N1c1ccccc1S2. The number of amides is 2. The summed E-state index contributed by atoms with van der Waals surface area (Å²) in [6, 6.07) is 7.62. The van der Waals surface area contributed by atoms with Crippen molar-refractivity contribution in [2.24, 2.45) is 0 Å². The monoisotopic (exact) mass is 329 g/mol. The number of hydrogen-bond acceptors (Lipinski definition) is 5. The molecule has 0 radical (unpaired) electrons. The predicted octanol–water partition coefficient (Wildman–Crippen LogP) is 2.86. The van der Waals surface area contributed by atoms with Crippen LogP contribution in [-0.2, 0) is 9.59 Å². The quantitative estimate of drug-likeness (QED) is 0.917. The number of para-hydroxylation sites is 1. The maximum atomic E-state index is 13.0. The highest BCUT2D eigenvalue weighted by molar-refractivity contribution is 8.02. The number of aryl methyl sites for hydroxylation is 2. The van der Waals surface area contributed by atoms with Gasteiger partial charge in [-0.15, -0.1) is 0 Å². The van der Waals surface area contributed by atoms with Crippen molar-refractivity contribution in [2.45, 2.75) is 36.5 Å². The second-order valence-electron chi connectivity index (χ2n) is 5.74. The number of aromatic nitrogens is 1. The van der Waals surface area contributed by atoms with Crippen LogP contribution in [0.25, 0.3) is 0 Å². The molecule has 2 aliphatic rings. The summed E-state index contributed by atoms with van der Waals surface area (Å²) in [6.45, 7) is 3.53. The van der Waals surface area contributed by atoms with Gasteiger partial charge in [-0.1, -0.05) is 29.1 Å². The normalized spacial score (nSPS) is 22.2. The van der Waals surface area contributed by atoms with E-state index in [1.807, 2.05) is 24.3 Å². The average molecular weight is 329 g/mol. The lowest BCUT2D eigenvalue weighted by Gasteiger charge is -2.29. The Balaban J connectivity index is 1.73. The van der Waals surface area contributed by atoms with E-state index in [1.54, 1.807) is 18.7 Å². The lowest BCUT2D eigenvalue weighted by molar-refractivity contribution is -0.121. The molecule has 0 saturated carbocycles. The van der Waals surface area contributed by atoms with Crippen molar-refractivity contribution in [3.63, 3.8) is 0 Å². The number of rotatable bonds is 2. The molecule has 23 heavy (non-hydrogen) atoms. The fraction of sp³-hybridized carbons (Fsp3) is 0.312. The predicted molar refractivity (Wildman–Crippen MR) is 86.4 cm³/mol. The number of thioether (sulfide) groups is 1. The highest BCUT2D eigenvalue weighted by atomic mass is 32.2. The van der Waals surface area contributed by atoms with Crippen molar-refractivity contribution in [3.8, 4) is 0 Å². The summed E-state index contributed by atoms with van der Waals surface area (Å²) < 4.78 is 5.10. The van der Waals surface area contributed by atoms with E-state index in [0.717, 1.165) is 10.6 Å². The maximum Gasteiger partial charge on any atom is 0.261 e. The smallest absolute Gasteiger partial charge is 0.261 e. The van der Waals surface area contributed by atoms with Crippen LogP contribution in [-0.4, -0.2) is 21.8 Å². The molecule has 1 atom stereocenters. The molecule has 0 unspecified atom stereocenters. The lowest BCUT2D eigenvalue weighted by Crippen LogP contribution is -2.49. The minimum atomic E-state index is -0.920. The third-order valence-corrected chi connectivity index (χ3v) is 5.77. The first-order valence-electron chi connectivity index (χ1n) is 7.38. The van der Waals surface area contributed by atoms with E-state index < -0.39 is 4.87 Å². The number of hydrogen-bond donors (Lipinski definition) is 1. The van der Waals surface area contributed by atoms with Gasteiger partial charge in [0.1, 0.15) is 11.4 Å². The summed E-state index contributed by atoms with van der Waals surface area (Å²) in [5, 5.41) is 6.76. The van der Waals surface area contributed by atoms with E-state index in [0.29, 0.717) is 30.0 Å². The summed E-state index contributed by atoms with van der Waals surface area (Å²) in [5.74, 6) is 0.332. The van der Waals surface area contributed by atoms with E-state index >= 15 is 0 Å². The van der Waals surface area contributed by atoms with Crippen LogP contribution >= 0.6 is 11.8 Å². The third-order valence-electron chi connectivity index (χ3n) is 4.30. The number of nitrogens with zero attached hydrogens (tertiary/aromatic N) is 2. The highest BCUT2D eigenvalue weighted by Crippen LogP contribution is 2.56. The van der Waals surface area contributed by atoms with Crippen LogP contribution in [0.3, 0.4) is 0 Å². The molecule has 0 spiro atoms. The third kappa shape index (κ3) is 1.92. The zero-order chi connectivity index (χ0) is 16.2. The molecule has 2 amide bonds. The first-order valence-corrected chi connectivity index (χ1v) is 8.20. The molecule has 1 aromatic carbocycles. The topological polar surface area (TPSA) is 75.4 Å². The summed E-state index contributed by atoms with van der Waals surface area (Å²) in [4.78, 5) is 27.1. The van der Waals surface area contributed by atoms with E-state index in [1.165, 1.54) is 11.8 Å². The molecule has 6 nitrogen and oxygen atoms in total. The number of nitrogens with one attached hydrogen (secondary N) is 1. The van der Waals surface area contributed by atoms with Crippen molar-refractivity contribution >= 4 is 35.0 Å². The van der Waals surface area contributed by atoms with Gasteiger partial charge in [-0.25, -0.2) is 0 Å². The van der Waals surface area contributed by atoms with Gasteiger partial charge in [-0.2, -0.15) is 0 Å². The molecule has 4 rings (SSSR count). The van der Waals surface area contributed by atoms with Crippen molar-refractivity contribution < 1.29 is 14.1 Å². The highest BCUT2D eigenvalue weighted by Gasteiger charge is 2.57. The number of carbonyl (C=O) groups excluding carboxylic acids is 2. The molecule has 1 aromatic heterocycles. The number of benzene rings is 1. The second-order valence-corrected chi connectivity index (χ2v) is 7.06. The van der Waals surface area contributed by atoms with Crippen LogP contribution in [0.15, 0.2) is 33.7 Å². The van der Waals surface area contributed by atoms with Gasteiger partial charge in [0.15, 0.2) is 10.6 Å². The Morgan fingerprint density at radius 1 is 1.39 bits per heavy atom. The Morgan fingerprint density at radius 3 is 2.91 bits per heavy atom. The fourth-order valence-electron chi connectivity index (χ4n) is 3.17. The molecule has 1 N–H and O–H groups in total. The number of carbonyl (C=O) groups is 2. The Hall–Kier alpha value is -2.28. The molecule has 2 aromatic rings.